The summed E-state index contributed by atoms with van der Waals surface area (Å²) in [6.45, 7) is 3.79. The summed E-state index contributed by atoms with van der Waals surface area (Å²) in [4.78, 5) is 0. The highest BCUT2D eigenvalue weighted by Gasteiger charge is 2.39. The summed E-state index contributed by atoms with van der Waals surface area (Å²) in [5.41, 5.74) is 2.83. The minimum atomic E-state index is -0.126. The van der Waals surface area contributed by atoms with Crippen LogP contribution in [-0.4, -0.2) is 32.0 Å². The van der Waals surface area contributed by atoms with Gasteiger partial charge in [-0.05, 0) is 6.42 Å². The van der Waals surface area contributed by atoms with Crippen molar-refractivity contribution in [2.75, 3.05) is 20.3 Å². The molecule has 0 aliphatic carbocycles. The van der Waals surface area contributed by atoms with Gasteiger partial charge in [-0.15, -0.1) is 0 Å². The van der Waals surface area contributed by atoms with Crippen LogP contribution >= 0.6 is 0 Å². The van der Waals surface area contributed by atoms with Gasteiger partial charge in [0, 0.05) is 33.2 Å². The molecule has 0 bridgehead atoms. The van der Waals surface area contributed by atoms with Crippen LogP contribution in [0.2, 0.25) is 0 Å². The molecule has 1 heterocycles. The largest absolute Gasteiger partial charge is 0.381 e. The van der Waals surface area contributed by atoms with Crippen LogP contribution in [0.25, 0.3) is 0 Å². The van der Waals surface area contributed by atoms with Crippen LogP contribution in [0.1, 0.15) is 51.9 Å². The van der Waals surface area contributed by atoms with E-state index in [-0.39, 0.29) is 11.6 Å². The Morgan fingerprint density at radius 3 is 2.53 bits per heavy atom. The SMILES string of the molecule is CCCCCCC(NN)C1(OC)CCOCC1. The number of rotatable bonds is 8. The van der Waals surface area contributed by atoms with Gasteiger partial charge in [-0.25, -0.2) is 0 Å². The number of hydrogen-bond donors (Lipinski definition) is 2. The maximum absolute atomic E-state index is 5.77. The molecule has 1 rings (SSSR count). The van der Waals surface area contributed by atoms with E-state index < -0.39 is 0 Å². The summed E-state index contributed by atoms with van der Waals surface area (Å²) in [5.74, 6) is 5.71. The smallest absolute Gasteiger partial charge is 0.0888 e. The number of nitrogens with one attached hydrogen (secondary N) is 1. The lowest BCUT2D eigenvalue weighted by Crippen LogP contribution is -2.57. The molecule has 1 aliphatic rings. The van der Waals surface area contributed by atoms with E-state index in [2.05, 4.69) is 12.3 Å². The molecule has 17 heavy (non-hydrogen) atoms. The molecule has 1 saturated heterocycles. The van der Waals surface area contributed by atoms with Gasteiger partial charge >= 0.3 is 0 Å². The highest BCUT2D eigenvalue weighted by atomic mass is 16.5. The third-order valence-corrected chi connectivity index (χ3v) is 3.93. The van der Waals surface area contributed by atoms with Gasteiger partial charge in [-0.1, -0.05) is 32.6 Å². The topological polar surface area (TPSA) is 56.5 Å². The van der Waals surface area contributed by atoms with Crippen LogP contribution in [0.5, 0.6) is 0 Å². The standard InChI is InChI=1S/C13H28N2O2/c1-3-4-5-6-7-12(15-14)13(16-2)8-10-17-11-9-13/h12,15H,3-11,14H2,1-2H3. The molecular weight excluding hydrogens is 216 g/mol. The van der Waals surface area contributed by atoms with Crippen molar-refractivity contribution in [2.24, 2.45) is 5.84 Å². The van der Waals surface area contributed by atoms with Crippen molar-refractivity contribution < 1.29 is 9.47 Å². The second-order valence-electron chi connectivity index (χ2n) is 4.95. The van der Waals surface area contributed by atoms with E-state index in [4.69, 9.17) is 15.3 Å². The molecule has 0 aromatic rings. The van der Waals surface area contributed by atoms with Gasteiger partial charge in [0.05, 0.1) is 11.6 Å². The van der Waals surface area contributed by atoms with E-state index in [1.54, 1.807) is 7.11 Å². The highest BCUT2D eigenvalue weighted by molar-refractivity contribution is 4.93. The molecule has 0 radical (unpaired) electrons. The van der Waals surface area contributed by atoms with Crippen LogP contribution in [0.4, 0.5) is 0 Å². The molecular formula is C13H28N2O2. The molecule has 0 aromatic carbocycles. The van der Waals surface area contributed by atoms with Crippen molar-refractivity contribution in [2.45, 2.75) is 63.5 Å². The molecule has 4 nitrogen and oxygen atoms in total. The number of unbranched alkanes of at least 4 members (excludes halogenated alkanes) is 3. The normalized spacial score (nSPS) is 21.4. The molecule has 1 fully saturated rings. The van der Waals surface area contributed by atoms with Gasteiger partial charge in [0.25, 0.3) is 0 Å². The minimum absolute atomic E-state index is 0.126. The fourth-order valence-electron chi connectivity index (χ4n) is 2.69. The number of hydrazine groups is 1. The monoisotopic (exact) mass is 244 g/mol. The molecule has 3 N–H and O–H groups in total. The summed E-state index contributed by atoms with van der Waals surface area (Å²) in [5, 5.41) is 0. The maximum atomic E-state index is 5.77. The molecule has 1 atom stereocenters. The molecule has 0 saturated carbocycles. The maximum Gasteiger partial charge on any atom is 0.0888 e. The lowest BCUT2D eigenvalue weighted by Gasteiger charge is -2.42. The summed E-state index contributed by atoms with van der Waals surface area (Å²) >= 11 is 0. The van der Waals surface area contributed by atoms with Crippen molar-refractivity contribution in [1.82, 2.24) is 5.43 Å². The summed E-state index contributed by atoms with van der Waals surface area (Å²) in [6.07, 6.45) is 8.03. The lowest BCUT2D eigenvalue weighted by atomic mass is 9.83. The van der Waals surface area contributed by atoms with Crippen LogP contribution < -0.4 is 11.3 Å². The molecule has 0 aromatic heterocycles. The highest BCUT2D eigenvalue weighted by Crippen LogP contribution is 2.30. The van der Waals surface area contributed by atoms with Gasteiger partial charge < -0.3 is 9.47 Å². The Morgan fingerprint density at radius 1 is 1.29 bits per heavy atom. The van der Waals surface area contributed by atoms with Crippen molar-refractivity contribution in [3.63, 3.8) is 0 Å². The number of nitrogens with two attached hydrogens (primary N) is 1. The first-order chi connectivity index (χ1) is 8.29. The van der Waals surface area contributed by atoms with Crippen molar-refractivity contribution >= 4 is 0 Å². The van der Waals surface area contributed by atoms with Crippen molar-refractivity contribution in [3.05, 3.63) is 0 Å². The van der Waals surface area contributed by atoms with Crippen LogP contribution in [0.15, 0.2) is 0 Å². The Labute approximate surface area is 105 Å². The molecule has 0 amide bonds. The summed E-state index contributed by atoms with van der Waals surface area (Å²) in [6, 6.07) is 0.244. The van der Waals surface area contributed by atoms with Crippen LogP contribution in [0.3, 0.4) is 0 Å². The first-order valence-corrected chi connectivity index (χ1v) is 6.88. The number of ether oxygens (including phenoxy) is 2. The Bertz CT molecular complexity index is 194. The van der Waals surface area contributed by atoms with Gasteiger partial charge in [0.2, 0.25) is 0 Å². The van der Waals surface area contributed by atoms with E-state index >= 15 is 0 Å². The third kappa shape index (κ3) is 4.21. The first kappa shape index (κ1) is 14.9. The fourth-order valence-corrected chi connectivity index (χ4v) is 2.69. The zero-order chi connectivity index (χ0) is 12.6. The Balaban J connectivity index is 2.44. The van der Waals surface area contributed by atoms with Crippen molar-refractivity contribution in [1.29, 1.82) is 0 Å². The van der Waals surface area contributed by atoms with Crippen molar-refractivity contribution in [3.8, 4) is 0 Å². The molecule has 4 heteroatoms. The number of methoxy groups -OCH3 is 1. The Kier molecular flexibility index (Phi) is 7.04. The predicted octanol–water partition coefficient (Wildman–Crippen LogP) is 1.98. The minimum Gasteiger partial charge on any atom is -0.381 e. The molecule has 102 valence electrons. The van der Waals surface area contributed by atoms with E-state index in [0.717, 1.165) is 32.5 Å². The second-order valence-corrected chi connectivity index (χ2v) is 4.95. The molecule has 0 spiro atoms. The molecule has 1 aliphatic heterocycles. The fraction of sp³-hybridized carbons (Fsp3) is 1.00. The summed E-state index contributed by atoms with van der Waals surface area (Å²) < 4.78 is 11.2. The van der Waals surface area contributed by atoms with E-state index in [1.165, 1.54) is 25.7 Å². The average molecular weight is 244 g/mol. The van der Waals surface area contributed by atoms with Crippen LogP contribution in [-0.2, 0) is 9.47 Å². The zero-order valence-corrected chi connectivity index (χ0v) is 11.3. The van der Waals surface area contributed by atoms with Gasteiger partial charge in [0.15, 0.2) is 0 Å². The predicted molar refractivity (Wildman–Crippen MR) is 69.7 cm³/mol. The quantitative estimate of drug-likeness (QED) is 0.389. The first-order valence-electron chi connectivity index (χ1n) is 6.88. The Morgan fingerprint density at radius 2 is 2.00 bits per heavy atom. The van der Waals surface area contributed by atoms with E-state index in [0.29, 0.717) is 0 Å². The van der Waals surface area contributed by atoms with Gasteiger partial charge in [-0.3, -0.25) is 11.3 Å². The number of hydrogen-bond acceptors (Lipinski definition) is 4. The average Bonchev–Trinajstić information content (AvgIpc) is 2.39. The van der Waals surface area contributed by atoms with Gasteiger partial charge in [-0.2, -0.15) is 0 Å². The van der Waals surface area contributed by atoms with E-state index in [9.17, 15) is 0 Å². The van der Waals surface area contributed by atoms with E-state index in [1.807, 2.05) is 0 Å². The third-order valence-electron chi connectivity index (χ3n) is 3.93. The summed E-state index contributed by atoms with van der Waals surface area (Å²) in [7, 11) is 1.79. The lowest BCUT2D eigenvalue weighted by molar-refractivity contribution is -0.112. The molecule has 1 unspecified atom stereocenters. The Hall–Kier alpha value is -0.160. The van der Waals surface area contributed by atoms with Crippen LogP contribution in [0, 0.1) is 0 Å². The second kappa shape index (κ2) is 8.03. The zero-order valence-electron chi connectivity index (χ0n) is 11.3. The van der Waals surface area contributed by atoms with Gasteiger partial charge in [0.1, 0.15) is 0 Å².